The fourth-order valence-corrected chi connectivity index (χ4v) is 5.44. The summed E-state index contributed by atoms with van der Waals surface area (Å²) in [6, 6.07) is 10.1. The molecule has 29 heavy (non-hydrogen) atoms. The Morgan fingerprint density at radius 2 is 1.69 bits per heavy atom. The molecule has 158 valence electrons. The van der Waals surface area contributed by atoms with Gasteiger partial charge in [0.05, 0.1) is 0 Å². The molecule has 1 heterocycles. The highest BCUT2D eigenvalue weighted by Gasteiger charge is 2.26. The number of fused-ring (bicyclic) bond motifs is 1. The highest BCUT2D eigenvalue weighted by molar-refractivity contribution is 7.14. The lowest BCUT2D eigenvalue weighted by Crippen LogP contribution is -2.07. The average molecular weight is 413 g/mol. The van der Waals surface area contributed by atoms with E-state index in [4.69, 9.17) is 4.74 Å². The number of benzene rings is 1. The molecule has 0 amide bonds. The minimum atomic E-state index is -0.209. The Morgan fingerprint density at radius 3 is 2.41 bits per heavy atom. The van der Waals surface area contributed by atoms with Gasteiger partial charge in [-0.25, -0.2) is 4.79 Å². The van der Waals surface area contributed by atoms with Crippen molar-refractivity contribution in [1.82, 2.24) is 0 Å². The third-order valence-electron chi connectivity index (χ3n) is 6.00. The molecule has 1 aliphatic rings. The molecule has 2 nitrogen and oxygen atoms in total. The standard InChI is InChI=1S/C26H36O2S/c1-3-5-7-8-10-11-20-13-15-23(16-14-20)28-26(27)25-19-22-17-21(12-9-6-4-2)18-24(22)29-25/h13-16,19,21H,3-12,17-18H2,1-2H3. The number of carbonyl (C=O) groups is 1. The number of thiophene rings is 1. The molecule has 3 heteroatoms. The molecule has 1 aliphatic carbocycles. The molecule has 0 aliphatic heterocycles. The van der Waals surface area contributed by atoms with Crippen LogP contribution in [-0.4, -0.2) is 5.97 Å². The maximum atomic E-state index is 12.6. The van der Waals surface area contributed by atoms with E-state index >= 15 is 0 Å². The second-order valence-electron chi connectivity index (χ2n) is 8.53. The first kappa shape index (κ1) is 22.1. The third kappa shape index (κ3) is 6.70. The molecule has 0 bridgehead atoms. The van der Waals surface area contributed by atoms with Gasteiger partial charge in [-0.15, -0.1) is 11.3 Å². The van der Waals surface area contributed by atoms with Crippen LogP contribution in [0, 0.1) is 5.92 Å². The fraction of sp³-hybridized carbons (Fsp3) is 0.577. The molecule has 1 aromatic heterocycles. The zero-order chi connectivity index (χ0) is 20.5. The Morgan fingerprint density at radius 1 is 0.966 bits per heavy atom. The van der Waals surface area contributed by atoms with Gasteiger partial charge in [-0.3, -0.25) is 0 Å². The number of esters is 1. The van der Waals surface area contributed by atoms with Gasteiger partial charge in [-0.2, -0.15) is 0 Å². The van der Waals surface area contributed by atoms with Crippen LogP contribution in [0.3, 0.4) is 0 Å². The van der Waals surface area contributed by atoms with Crippen LogP contribution in [0.4, 0.5) is 0 Å². The van der Waals surface area contributed by atoms with Crippen LogP contribution in [-0.2, 0) is 19.3 Å². The van der Waals surface area contributed by atoms with Crippen molar-refractivity contribution in [2.24, 2.45) is 5.92 Å². The van der Waals surface area contributed by atoms with E-state index in [9.17, 15) is 4.79 Å². The lowest BCUT2D eigenvalue weighted by molar-refractivity contribution is 0.0739. The monoisotopic (exact) mass is 412 g/mol. The zero-order valence-corrected chi connectivity index (χ0v) is 19.0. The van der Waals surface area contributed by atoms with Gasteiger partial charge in [0.25, 0.3) is 0 Å². The molecule has 0 saturated carbocycles. The van der Waals surface area contributed by atoms with Crippen LogP contribution in [0.5, 0.6) is 5.75 Å². The number of rotatable bonds is 12. The van der Waals surface area contributed by atoms with Crippen molar-refractivity contribution in [2.45, 2.75) is 90.9 Å². The van der Waals surface area contributed by atoms with Crippen LogP contribution in [0.1, 0.15) is 97.3 Å². The summed E-state index contributed by atoms with van der Waals surface area (Å²) in [6.07, 6.45) is 15.1. The van der Waals surface area contributed by atoms with E-state index in [1.54, 1.807) is 11.3 Å². The van der Waals surface area contributed by atoms with Crippen LogP contribution in [0.2, 0.25) is 0 Å². The minimum absolute atomic E-state index is 0.209. The first-order valence-electron chi connectivity index (χ1n) is 11.6. The molecule has 0 spiro atoms. The van der Waals surface area contributed by atoms with E-state index in [1.165, 1.54) is 73.8 Å². The maximum absolute atomic E-state index is 12.6. The Kier molecular flexibility index (Phi) is 8.79. The Bertz CT molecular complexity index is 736. The van der Waals surface area contributed by atoms with E-state index < -0.39 is 0 Å². The summed E-state index contributed by atoms with van der Waals surface area (Å²) < 4.78 is 5.63. The molecule has 3 rings (SSSR count). The van der Waals surface area contributed by atoms with Gasteiger partial charge in [0.15, 0.2) is 0 Å². The van der Waals surface area contributed by atoms with Gasteiger partial charge >= 0.3 is 5.97 Å². The van der Waals surface area contributed by atoms with Crippen molar-refractivity contribution in [3.63, 3.8) is 0 Å². The highest BCUT2D eigenvalue weighted by Crippen LogP contribution is 2.36. The second kappa shape index (κ2) is 11.5. The summed E-state index contributed by atoms with van der Waals surface area (Å²) in [4.78, 5) is 14.7. The first-order valence-corrected chi connectivity index (χ1v) is 12.4. The molecule has 1 unspecified atom stereocenters. The molecule has 0 saturated heterocycles. The molecular formula is C26H36O2S. The van der Waals surface area contributed by atoms with Crippen LogP contribution >= 0.6 is 11.3 Å². The molecule has 1 aromatic carbocycles. The van der Waals surface area contributed by atoms with Crippen molar-refractivity contribution in [1.29, 1.82) is 0 Å². The predicted octanol–water partition coefficient (Wildman–Crippen LogP) is 7.78. The van der Waals surface area contributed by atoms with E-state index in [0.29, 0.717) is 5.75 Å². The van der Waals surface area contributed by atoms with Crippen molar-refractivity contribution in [3.8, 4) is 5.75 Å². The summed E-state index contributed by atoms with van der Waals surface area (Å²) in [6.45, 7) is 4.50. The minimum Gasteiger partial charge on any atom is -0.422 e. The SMILES string of the molecule is CCCCCCCc1ccc(OC(=O)c2cc3c(s2)CC(CCCCC)C3)cc1. The summed E-state index contributed by atoms with van der Waals surface area (Å²) in [7, 11) is 0. The highest BCUT2D eigenvalue weighted by atomic mass is 32.1. The average Bonchev–Trinajstić information content (AvgIpc) is 3.28. The Labute approximate surface area is 180 Å². The van der Waals surface area contributed by atoms with Crippen LogP contribution < -0.4 is 4.74 Å². The molecule has 0 fully saturated rings. The molecule has 0 N–H and O–H groups in total. The largest absolute Gasteiger partial charge is 0.422 e. The zero-order valence-electron chi connectivity index (χ0n) is 18.2. The van der Waals surface area contributed by atoms with Gasteiger partial charge in [0, 0.05) is 4.88 Å². The predicted molar refractivity (Wildman–Crippen MR) is 123 cm³/mol. The van der Waals surface area contributed by atoms with Crippen molar-refractivity contribution >= 4 is 17.3 Å². The van der Waals surface area contributed by atoms with Gasteiger partial charge in [0.1, 0.15) is 10.6 Å². The topological polar surface area (TPSA) is 26.3 Å². The normalized spacial score (nSPS) is 15.4. The van der Waals surface area contributed by atoms with Crippen LogP contribution in [0.25, 0.3) is 0 Å². The van der Waals surface area contributed by atoms with E-state index in [1.807, 2.05) is 12.1 Å². The van der Waals surface area contributed by atoms with Crippen molar-refractivity contribution < 1.29 is 9.53 Å². The van der Waals surface area contributed by atoms with E-state index in [2.05, 4.69) is 32.0 Å². The van der Waals surface area contributed by atoms with Gasteiger partial charge in [-0.1, -0.05) is 70.9 Å². The van der Waals surface area contributed by atoms with Gasteiger partial charge in [0.2, 0.25) is 0 Å². The summed E-state index contributed by atoms with van der Waals surface area (Å²) in [5.41, 5.74) is 2.70. The number of unbranched alkanes of at least 4 members (excludes halogenated alkanes) is 6. The Balaban J connectivity index is 1.45. The number of hydrogen-bond donors (Lipinski definition) is 0. The smallest absolute Gasteiger partial charge is 0.353 e. The lowest BCUT2D eigenvalue weighted by atomic mass is 9.99. The second-order valence-corrected chi connectivity index (χ2v) is 9.66. The Hall–Kier alpha value is -1.61. The van der Waals surface area contributed by atoms with Gasteiger partial charge in [-0.05, 0) is 67.3 Å². The van der Waals surface area contributed by atoms with E-state index in [-0.39, 0.29) is 5.97 Å². The summed E-state index contributed by atoms with van der Waals surface area (Å²) in [5.74, 6) is 1.22. The summed E-state index contributed by atoms with van der Waals surface area (Å²) in [5, 5.41) is 0. The fourth-order valence-electron chi connectivity index (χ4n) is 4.26. The number of aryl methyl sites for hydroxylation is 1. The van der Waals surface area contributed by atoms with Crippen molar-refractivity contribution in [2.75, 3.05) is 0 Å². The maximum Gasteiger partial charge on any atom is 0.353 e. The third-order valence-corrected chi connectivity index (χ3v) is 7.18. The number of carbonyl (C=O) groups excluding carboxylic acids is 1. The van der Waals surface area contributed by atoms with Gasteiger partial charge < -0.3 is 4.74 Å². The number of hydrogen-bond acceptors (Lipinski definition) is 3. The molecule has 2 aromatic rings. The number of ether oxygens (including phenoxy) is 1. The first-order chi connectivity index (χ1) is 14.2. The lowest BCUT2D eigenvalue weighted by Gasteiger charge is -2.08. The quantitative estimate of drug-likeness (QED) is 0.202. The van der Waals surface area contributed by atoms with E-state index in [0.717, 1.165) is 30.1 Å². The molecule has 1 atom stereocenters. The van der Waals surface area contributed by atoms with Crippen molar-refractivity contribution in [3.05, 3.63) is 51.2 Å². The molecular weight excluding hydrogens is 376 g/mol. The van der Waals surface area contributed by atoms with Crippen LogP contribution in [0.15, 0.2) is 30.3 Å². The molecule has 0 radical (unpaired) electrons. The summed E-state index contributed by atoms with van der Waals surface area (Å²) >= 11 is 1.64.